The Morgan fingerprint density at radius 2 is 1.81 bits per heavy atom. The average molecular weight is 224 g/mol. The van der Waals surface area contributed by atoms with Gasteiger partial charge in [0.1, 0.15) is 5.54 Å². The zero-order chi connectivity index (χ0) is 12.0. The van der Waals surface area contributed by atoms with Crippen LogP contribution in [0.3, 0.4) is 0 Å². The summed E-state index contributed by atoms with van der Waals surface area (Å²) < 4.78 is 0. The number of hydrogen-bond acceptors (Lipinski definition) is 4. The van der Waals surface area contributed by atoms with Gasteiger partial charge in [-0.3, -0.25) is 0 Å². The highest BCUT2D eigenvalue weighted by Gasteiger charge is 2.23. The Labute approximate surface area is 99.2 Å². The van der Waals surface area contributed by atoms with Crippen molar-refractivity contribution in [3.63, 3.8) is 0 Å². The standard InChI is InChI=1S/C12H24N4/c1-4-15-7-9-16(10-8-15)6-5-12(2,11-13)14-3/h14H,4-10H2,1-3H3. The molecule has 0 aromatic heterocycles. The Morgan fingerprint density at radius 3 is 2.25 bits per heavy atom. The minimum atomic E-state index is -0.373. The molecule has 0 aromatic rings. The van der Waals surface area contributed by atoms with Gasteiger partial charge in [-0.05, 0) is 26.9 Å². The van der Waals surface area contributed by atoms with Crippen LogP contribution in [0.15, 0.2) is 0 Å². The normalized spacial score (nSPS) is 22.6. The molecule has 0 aromatic carbocycles. The Morgan fingerprint density at radius 1 is 1.25 bits per heavy atom. The maximum atomic E-state index is 9.06. The van der Waals surface area contributed by atoms with Crippen molar-refractivity contribution in [2.45, 2.75) is 25.8 Å². The van der Waals surface area contributed by atoms with E-state index in [-0.39, 0.29) is 5.54 Å². The van der Waals surface area contributed by atoms with E-state index in [1.54, 1.807) is 0 Å². The molecule has 92 valence electrons. The average Bonchev–Trinajstić information content (AvgIpc) is 2.36. The number of rotatable bonds is 5. The summed E-state index contributed by atoms with van der Waals surface area (Å²) in [6, 6.07) is 2.34. The second kappa shape index (κ2) is 6.19. The maximum Gasteiger partial charge on any atom is 0.104 e. The first-order chi connectivity index (χ1) is 7.63. The van der Waals surface area contributed by atoms with Gasteiger partial charge in [-0.2, -0.15) is 5.26 Å². The molecule has 0 spiro atoms. The van der Waals surface area contributed by atoms with Crippen LogP contribution >= 0.6 is 0 Å². The topological polar surface area (TPSA) is 42.3 Å². The van der Waals surface area contributed by atoms with Crippen LogP contribution in [0.1, 0.15) is 20.3 Å². The highest BCUT2D eigenvalue weighted by Crippen LogP contribution is 2.10. The summed E-state index contributed by atoms with van der Waals surface area (Å²) in [7, 11) is 1.86. The quantitative estimate of drug-likeness (QED) is 0.739. The Hall–Kier alpha value is -0.630. The Bertz CT molecular complexity index is 240. The molecule has 1 aliphatic rings. The predicted octanol–water partition coefficient (Wildman–Crippen LogP) is 0.516. The van der Waals surface area contributed by atoms with Crippen molar-refractivity contribution in [1.82, 2.24) is 15.1 Å². The third-order valence-electron chi connectivity index (χ3n) is 3.64. The molecule has 1 unspecified atom stereocenters. The summed E-state index contributed by atoms with van der Waals surface area (Å²) >= 11 is 0. The van der Waals surface area contributed by atoms with Crippen LogP contribution in [0, 0.1) is 11.3 Å². The van der Waals surface area contributed by atoms with Gasteiger partial charge in [0.15, 0.2) is 0 Å². The van der Waals surface area contributed by atoms with Crippen LogP contribution < -0.4 is 5.32 Å². The van der Waals surface area contributed by atoms with Crippen LogP contribution in [0.5, 0.6) is 0 Å². The summed E-state index contributed by atoms with van der Waals surface area (Å²) in [5.74, 6) is 0. The molecular weight excluding hydrogens is 200 g/mol. The summed E-state index contributed by atoms with van der Waals surface area (Å²) in [5.41, 5.74) is -0.373. The largest absolute Gasteiger partial charge is 0.303 e. The van der Waals surface area contributed by atoms with Crippen LogP contribution in [-0.2, 0) is 0 Å². The number of likely N-dealkylation sites (N-methyl/N-ethyl adjacent to an activating group) is 1. The number of hydrogen-bond donors (Lipinski definition) is 1. The fraction of sp³-hybridized carbons (Fsp3) is 0.917. The molecule has 0 amide bonds. The second-order valence-electron chi connectivity index (χ2n) is 4.72. The minimum Gasteiger partial charge on any atom is -0.303 e. The lowest BCUT2D eigenvalue weighted by molar-refractivity contribution is 0.131. The van der Waals surface area contributed by atoms with Gasteiger partial charge in [0.05, 0.1) is 6.07 Å². The second-order valence-corrected chi connectivity index (χ2v) is 4.72. The molecule has 16 heavy (non-hydrogen) atoms. The fourth-order valence-electron chi connectivity index (χ4n) is 1.95. The van der Waals surface area contributed by atoms with E-state index in [4.69, 9.17) is 5.26 Å². The van der Waals surface area contributed by atoms with Crippen molar-refractivity contribution in [2.24, 2.45) is 0 Å². The monoisotopic (exact) mass is 224 g/mol. The third kappa shape index (κ3) is 3.75. The first-order valence-electron chi connectivity index (χ1n) is 6.18. The molecule has 1 N–H and O–H groups in total. The van der Waals surface area contributed by atoms with Crippen LogP contribution in [0.4, 0.5) is 0 Å². The fourth-order valence-corrected chi connectivity index (χ4v) is 1.95. The van der Waals surface area contributed by atoms with E-state index in [1.165, 1.54) is 13.1 Å². The molecule has 0 saturated carbocycles. The maximum absolute atomic E-state index is 9.06. The summed E-state index contributed by atoms with van der Waals surface area (Å²) in [5, 5.41) is 12.1. The van der Waals surface area contributed by atoms with Crippen molar-refractivity contribution in [3.05, 3.63) is 0 Å². The molecule has 1 saturated heterocycles. The molecule has 4 nitrogen and oxygen atoms in total. The SMILES string of the molecule is CCN1CCN(CCC(C)(C#N)NC)CC1. The van der Waals surface area contributed by atoms with Gasteiger partial charge in [-0.15, -0.1) is 0 Å². The first kappa shape index (κ1) is 13.4. The smallest absolute Gasteiger partial charge is 0.104 e. The number of nitrogens with one attached hydrogen (secondary N) is 1. The zero-order valence-electron chi connectivity index (χ0n) is 10.8. The lowest BCUT2D eigenvalue weighted by Gasteiger charge is -2.35. The first-order valence-corrected chi connectivity index (χ1v) is 6.18. The van der Waals surface area contributed by atoms with Crippen LogP contribution in [0.25, 0.3) is 0 Å². The van der Waals surface area contributed by atoms with Gasteiger partial charge in [-0.25, -0.2) is 0 Å². The van der Waals surface area contributed by atoms with Crippen molar-refractivity contribution >= 4 is 0 Å². The van der Waals surface area contributed by atoms with E-state index >= 15 is 0 Å². The van der Waals surface area contributed by atoms with Crippen molar-refractivity contribution in [3.8, 4) is 6.07 Å². The van der Waals surface area contributed by atoms with Gasteiger partial charge in [0, 0.05) is 32.7 Å². The number of piperazine rings is 1. The van der Waals surface area contributed by atoms with Gasteiger partial charge in [0.2, 0.25) is 0 Å². The van der Waals surface area contributed by atoms with Gasteiger partial charge in [-0.1, -0.05) is 6.92 Å². The Balaban J connectivity index is 2.27. The van der Waals surface area contributed by atoms with E-state index in [9.17, 15) is 0 Å². The highest BCUT2D eigenvalue weighted by molar-refractivity contribution is 5.03. The van der Waals surface area contributed by atoms with E-state index < -0.39 is 0 Å². The number of nitriles is 1. The van der Waals surface area contributed by atoms with E-state index in [1.807, 2.05) is 14.0 Å². The molecule has 1 rings (SSSR count). The minimum absolute atomic E-state index is 0.373. The van der Waals surface area contributed by atoms with Crippen LogP contribution in [-0.4, -0.2) is 61.7 Å². The van der Waals surface area contributed by atoms with E-state index in [0.29, 0.717) is 0 Å². The lowest BCUT2D eigenvalue weighted by atomic mass is 10.00. The Kier molecular flexibility index (Phi) is 5.20. The molecule has 1 fully saturated rings. The molecule has 1 aliphatic heterocycles. The summed E-state index contributed by atoms with van der Waals surface area (Å²) in [4.78, 5) is 4.93. The van der Waals surface area contributed by atoms with E-state index in [0.717, 1.165) is 32.6 Å². The van der Waals surface area contributed by atoms with Gasteiger partial charge in [0.25, 0.3) is 0 Å². The molecule has 0 radical (unpaired) electrons. The van der Waals surface area contributed by atoms with Crippen molar-refractivity contribution in [2.75, 3.05) is 46.3 Å². The van der Waals surface area contributed by atoms with Crippen molar-refractivity contribution < 1.29 is 0 Å². The predicted molar refractivity (Wildman–Crippen MR) is 66.2 cm³/mol. The van der Waals surface area contributed by atoms with Crippen molar-refractivity contribution in [1.29, 1.82) is 5.26 Å². The lowest BCUT2D eigenvalue weighted by Crippen LogP contribution is -2.48. The number of nitrogens with zero attached hydrogens (tertiary/aromatic N) is 3. The highest BCUT2D eigenvalue weighted by atomic mass is 15.3. The zero-order valence-corrected chi connectivity index (χ0v) is 10.8. The molecule has 4 heteroatoms. The molecular formula is C12H24N4. The third-order valence-corrected chi connectivity index (χ3v) is 3.64. The van der Waals surface area contributed by atoms with E-state index in [2.05, 4.69) is 28.1 Å². The van der Waals surface area contributed by atoms with Gasteiger partial charge >= 0.3 is 0 Å². The summed E-state index contributed by atoms with van der Waals surface area (Å²) in [6.07, 6.45) is 0.895. The molecule has 1 heterocycles. The van der Waals surface area contributed by atoms with Crippen LogP contribution in [0.2, 0.25) is 0 Å². The van der Waals surface area contributed by atoms with Gasteiger partial charge < -0.3 is 15.1 Å². The molecule has 0 aliphatic carbocycles. The summed E-state index contributed by atoms with van der Waals surface area (Å²) in [6.45, 7) is 11.0. The molecule has 1 atom stereocenters. The molecule has 0 bridgehead atoms.